The molecule has 2 aromatic rings. The van der Waals surface area contributed by atoms with Crippen molar-refractivity contribution in [3.8, 4) is 17.2 Å². The summed E-state index contributed by atoms with van der Waals surface area (Å²) in [7, 11) is -2.86. The number of ether oxygens (including phenoxy) is 1. The van der Waals surface area contributed by atoms with E-state index in [0.29, 0.717) is 18.4 Å². The maximum atomic E-state index is 14.0. The first kappa shape index (κ1) is 26.2. The maximum absolute atomic E-state index is 14.0. The van der Waals surface area contributed by atoms with Gasteiger partial charge in [0.25, 0.3) is 0 Å². The van der Waals surface area contributed by atoms with E-state index in [1.807, 2.05) is 0 Å². The highest BCUT2D eigenvalue weighted by molar-refractivity contribution is 7.92. The highest BCUT2D eigenvalue weighted by Gasteiger charge is 2.51. The van der Waals surface area contributed by atoms with E-state index < -0.39 is 55.2 Å². The molecule has 0 saturated heterocycles. The minimum Gasteiger partial charge on any atom is -0.375 e. The van der Waals surface area contributed by atoms with Crippen molar-refractivity contribution in [3.63, 3.8) is 0 Å². The third kappa shape index (κ3) is 5.13. The van der Waals surface area contributed by atoms with Crippen LogP contribution in [0.2, 0.25) is 0 Å². The van der Waals surface area contributed by atoms with Crippen LogP contribution in [0.25, 0.3) is 11.1 Å². The number of aromatic nitrogens is 2. The van der Waals surface area contributed by atoms with Crippen LogP contribution in [0.4, 0.5) is 13.2 Å². The van der Waals surface area contributed by atoms with Crippen molar-refractivity contribution >= 4 is 15.7 Å². The SMILES string of the molecule is CC(C)O[C@H]1C[C@@H](S(=O)(=O)c2ccc(-c3cnn(C)c3)cc2C(F)(F)F)C[C@@H]1C(=O)NC1(C#N)CC1. The van der Waals surface area contributed by atoms with Crippen LogP contribution >= 0.6 is 0 Å². The molecule has 1 aromatic heterocycles. The quantitative estimate of drug-likeness (QED) is 0.592. The lowest BCUT2D eigenvalue weighted by Crippen LogP contribution is -2.43. The molecule has 2 aliphatic rings. The van der Waals surface area contributed by atoms with Crippen LogP contribution in [0, 0.1) is 17.2 Å². The van der Waals surface area contributed by atoms with Gasteiger partial charge in [-0.3, -0.25) is 9.48 Å². The highest BCUT2D eigenvalue weighted by atomic mass is 32.2. The summed E-state index contributed by atoms with van der Waals surface area (Å²) in [6, 6.07) is 5.16. The standard InChI is InChI=1S/C24H27F3N4O4S/c1-14(2)35-20-10-17(9-18(20)22(32)30-23(13-28)6-7-23)36(33,34)21-5-4-15(8-19(21)24(25,26)27)16-11-29-31(3)12-16/h4-5,8,11-12,14,17-18,20H,6-7,9-10H2,1-3H3,(H,30,32)/t17-,18-,20-/m0/s1. The molecule has 2 fully saturated rings. The van der Waals surface area contributed by atoms with Crippen LogP contribution < -0.4 is 5.32 Å². The van der Waals surface area contributed by atoms with Gasteiger partial charge in [-0.2, -0.15) is 23.5 Å². The van der Waals surface area contributed by atoms with Crippen LogP contribution in [0.1, 0.15) is 45.1 Å². The molecule has 1 amide bonds. The zero-order valence-corrected chi connectivity index (χ0v) is 20.9. The average Bonchev–Trinajstić information content (AvgIpc) is 3.21. The normalized spacial score (nSPS) is 23.4. The monoisotopic (exact) mass is 524 g/mol. The van der Waals surface area contributed by atoms with E-state index >= 15 is 0 Å². The van der Waals surface area contributed by atoms with Gasteiger partial charge in [-0.25, -0.2) is 8.42 Å². The van der Waals surface area contributed by atoms with E-state index in [0.717, 1.165) is 12.1 Å². The predicted molar refractivity (Wildman–Crippen MR) is 123 cm³/mol. The van der Waals surface area contributed by atoms with E-state index in [4.69, 9.17) is 4.74 Å². The summed E-state index contributed by atoms with van der Waals surface area (Å²) >= 11 is 0. The lowest BCUT2D eigenvalue weighted by molar-refractivity contribution is -0.139. The molecule has 0 spiro atoms. The fourth-order valence-corrected chi connectivity index (χ4v) is 6.63. The summed E-state index contributed by atoms with van der Waals surface area (Å²) in [5.74, 6) is -1.41. The molecule has 2 saturated carbocycles. The summed E-state index contributed by atoms with van der Waals surface area (Å²) in [5.41, 5.74) is -1.62. The fourth-order valence-electron chi connectivity index (χ4n) is 4.63. The van der Waals surface area contributed by atoms with Crippen LogP contribution in [0.15, 0.2) is 35.5 Å². The molecule has 4 rings (SSSR count). The number of aryl methyl sites for hydroxylation is 1. The lowest BCUT2D eigenvalue weighted by atomic mass is 10.0. The summed E-state index contributed by atoms with van der Waals surface area (Å²) in [5, 5.41) is 14.7. The van der Waals surface area contributed by atoms with E-state index in [9.17, 15) is 31.6 Å². The number of sulfone groups is 1. The van der Waals surface area contributed by atoms with Gasteiger partial charge in [-0.1, -0.05) is 6.07 Å². The van der Waals surface area contributed by atoms with Crippen LogP contribution in [-0.4, -0.2) is 47.1 Å². The van der Waals surface area contributed by atoms with Crippen molar-refractivity contribution in [2.24, 2.45) is 13.0 Å². The van der Waals surface area contributed by atoms with Gasteiger partial charge in [0.1, 0.15) is 5.54 Å². The third-order valence-corrected chi connectivity index (χ3v) is 8.87. The molecule has 36 heavy (non-hydrogen) atoms. The summed E-state index contributed by atoms with van der Waals surface area (Å²) in [6.07, 6.45) is -2.46. The number of carbonyl (C=O) groups excluding carboxylic acids is 1. The molecule has 0 aliphatic heterocycles. The number of amides is 1. The van der Waals surface area contributed by atoms with Crippen molar-refractivity contribution in [1.82, 2.24) is 15.1 Å². The van der Waals surface area contributed by atoms with Crippen molar-refractivity contribution in [2.45, 2.75) is 73.6 Å². The minimum atomic E-state index is -4.92. The number of nitriles is 1. The van der Waals surface area contributed by atoms with Gasteiger partial charge in [0.15, 0.2) is 9.84 Å². The molecule has 1 N–H and O–H groups in total. The molecule has 0 bridgehead atoms. The van der Waals surface area contributed by atoms with E-state index in [-0.39, 0.29) is 24.5 Å². The molecular formula is C24H27F3N4O4S. The largest absolute Gasteiger partial charge is 0.417 e. The summed E-state index contributed by atoms with van der Waals surface area (Å²) in [6.45, 7) is 3.46. The van der Waals surface area contributed by atoms with Gasteiger partial charge in [-0.15, -0.1) is 0 Å². The number of rotatable bonds is 7. The zero-order valence-electron chi connectivity index (χ0n) is 20.0. The van der Waals surface area contributed by atoms with Gasteiger partial charge >= 0.3 is 6.18 Å². The molecule has 1 heterocycles. The predicted octanol–water partition coefficient (Wildman–Crippen LogP) is 3.62. The molecule has 8 nitrogen and oxygen atoms in total. The molecule has 2 aliphatic carbocycles. The van der Waals surface area contributed by atoms with E-state index in [1.54, 1.807) is 20.9 Å². The molecule has 1 aromatic carbocycles. The highest BCUT2D eigenvalue weighted by Crippen LogP contribution is 2.43. The number of carbonyl (C=O) groups is 1. The Hall–Kier alpha value is -2.91. The number of alkyl halides is 3. The van der Waals surface area contributed by atoms with E-state index in [2.05, 4.69) is 16.5 Å². The number of nitrogens with one attached hydrogen (secondary N) is 1. The van der Waals surface area contributed by atoms with Crippen molar-refractivity contribution in [1.29, 1.82) is 5.26 Å². The Balaban J connectivity index is 1.67. The van der Waals surface area contributed by atoms with Crippen LogP contribution in [-0.2, 0) is 32.6 Å². The van der Waals surface area contributed by atoms with Gasteiger partial charge in [0, 0.05) is 18.8 Å². The number of halogens is 3. The van der Waals surface area contributed by atoms with Gasteiger partial charge in [0.2, 0.25) is 5.91 Å². The minimum absolute atomic E-state index is 0.125. The third-order valence-electron chi connectivity index (χ3n) is 6.64. The number of nitrogens with zero attached hydrogens (tertiary/aromatic N) is 3. The maximum Gasteiger partial charge on any atom is 0.417 e. The number of hydrogen-bond acceptors (Lipinski definition) is 6. The molecular weight excluding hydrogens is 497 g/mol. The Labute approximate surface area is 207 Å². The van der Waals surface area contributed by atoms with Gasteiger partial charge < -0.3 is 10.1 Å². The van der Waals surface area contributed by atoms with Crippen molar-refractivity contribution in [3.05, 3.63) is 36.2 Å². The van der Waals surface area contributed by atoms with Gasteiger partial charge in [-0.05, 0) is 57.2 Å². The molecule has 194 valence electrons. The second-order valence-corrected chi connectivity index (χ2v) is 12.0. The molecule has 0 radical (unpaired) electrons. The summed E-state index contributed by atoms with van der Waals surface area (Å²) in [4.78, 5) is 12.1. The van der Waals surface area contributed by atoms with E-state index in [1.165, 1.54) is 23.1 Å². The topological polar surface area (TPSA) is 114 Å². The zero-order chi connectivity index (χ0) is 26.5. The van der Waals surface area contributed by atoms with Gasteiger partial charge in [0.05, 0.1) is 46.1 Å². The van der Waals surface area contributed by atoms with Crippen LogP contribution in [0.3, 0.4) is 0 Å². The second kappa shape index (κ2) is 9.19. The number of benzene rings is 1. The molecule has 0 unspecified atom stereocenters. The Morgan fingerprint density at radius 3 is 2.50 bits per heavy atom. The van der Waals surface area contributed by atoms with Crippen LogP contribution in [0.5, 0.6) is 0 Å². The second-order valence-electron chi connectivity index (χ2n) is 9.76. The smallest absolute Gasteiger partial charge is 0.375 e. The number of hydrogen-bond donors (Lipinski definition) is 1. The van der Waals surface area contributed by atoms with Crippen molar-refractivity contribution < 1.29 is 31.1 Å². The summed E-state index contributed by atoms with van der Waals surface area (Å²) < 4.78 is 76.5. The Morgan fingerprint density at radius 1 is 1.28 bits per heavy atom. The molecule has 3 atom stereocenters. The first-order chi connectivity index (χ1) is 16.8. The fraction of sp³-hybridized carbons (Fsp3) is 0.542. The first-order valence-corrected chi connectivity index (χ1v) is 13.1. The lowest BCUT2D eigenvalue weighted by Gasteiger charge is -2.22. The Morgan fingerprint density at radius 2 is 1.97 bits per heavy atom. The molecule has 12 heteroatoms. The first-order valence-electron chi connectivity index (χ1n) is 11.6. The Bertz CT molecular complexity index is 1310. The average molecular weight is 525 g/mol. The Kier molecular flexibility index (Phi) is 6.68. The van der Waals surface area contributed by atoms with Crippen molar-refractivity contribution in [2.75, 3.05) is 0 Å².